The summed E-state index contributed by atoms with van der Waals surface area (Å²) in [6.07, 6.45) is 0. The fourth-order valence-corrected chi connectivity index (χ4v) is 2.24. The Morgan fingerprint density at radius 3 is 2.35 bits per heavy atom. The molecule has 0 aromatic heterocycles. The minimum atomic E-state index is -0.243. The maximum atomic E-state index is 13.0. The smallest absolute Gasteiger partial charge is 0.173 e. The fourth-order valence-electron chi connectivity index (χ4n) is 1.93. The van der Waals surface area contributed by atoms with E-state index < -0.39 is 0 Å². The highest BCUT2D eigenvalue weighted by Gasteiger charge is 2.09. The van der Waals surface area contributed by atoms with Gasteiger partial charge in [0.1, 0.15) is 5.82 Å². The Bertz CT molecular complexity index is 554. The van der Waals surface area contributed by atoms with Gasteiger partial charge in [-0.25, -0.2) is 4.39 Å². The molecule has 0 spiro atoms. The number of nitrogens with zero attached hydrogens (tertiary/aromatic N) is 1. The molecule has 0 amide bonds. The van der Waals surface area contributed by atoms with E-state index in [4.69, 9.17) is 12.2 Å². The Balaban J connectivity index is 2.00. The van der Waals surface area contributed by atoms with Crippen LogP contribution < -0.4 is 10.2 Å². The first-order valence-corrected chi connectivity index (χ1v) is 6.96. The molecule has 104 valence electrons. The van der Waals surface area contributed by atoms with Gasteiger partial charge < -0.3 is 10.2 Å². The molecule has 0 radical (unpaired) electrons. The summed E-state index contributed by atoms with van der Waals surface area (Å²) >= 11 is 5.41. The van der Waals surface area contributed by atoms with Crippen molar-refractivity contribution in [2.24, 2.45) is 0 Å². The first-order valence-electron chi connectivity index (χ1n) is 6.55. The number of thiocarbonyl (C=S) groups is 1. The van der Waals surface area contributed by atoms with Gasteiger partial charge in [-0.05, 0) is 49.0 Å². The summed E-state index contributed by atoms with van der Waals surface area (Å²) in [7, 11) is 0. The van der Waals surface area contributed by atoms with Crippen LogP contribution in [-0.4, -0.2) is 11.7 Å². The van der Waals surface area contributed by atoms with E-state index in [-0.39, 0.29) is 5.82 Å². The second-order valence-corrected chi connectivity index (χ2v) is 4.75. The molecule has 2 nitrogen and oxygen atoms in total. The molecule has 2 aromatic carbocycles. The maximum absolute atomic E-state index is 13.0. The third-order valence-corrected chi connectivity index (χ3v) is 3.35. The standard InChI is InChI=1S/C16H17FN2S/c1-2-19(15-10-8-14(17)9-11-15)16(20)18-12-13-6-4-3-5-7-13/h3-11H,2,12H2,1H3,(H,18,20). The van der Waals surface area contributed by atoms with Crippen LogP contribution in [0.25, 0.3) is 0 Å². The maximum Gasteiger partial charge on any atom is 0.173 e. The molecular weight excluding hydrogens is 271 g/mol. The fraction of sp³-hybridized carbons (Fsp3) is 0.188. The molecule has 2 rings (SSSR count). The average molecular weight is 288 g/mol. The summed E-state index contributed by atoms with van der Waals surface area (Å²) in [5, 5.41) is 3.87. The van der Waals surface area contributed by atoms with Crippen LogP contribution in [0.3, 0.4) is 0 Å². The van der Waals surface area contributed by atoms with Crippen LogP contribution in [0.5, 0.6) is 0 Å². The zero-order chi connectivity index (χ0) is 14.4. The van der Waals surface area contributed by atoms with E-state index in [0.29, 0.717) is 11.7 Å². The van der Waals surface area contributed by atoms with E-state index in [1.54, 1.807) is 12.1 Å². The summed E-state index contributed by atoms with van der Waals surface area (Å²) in [6.45, 7) is 3.42. The second kappa shape index (κ2) is 7.01. The number of rotatable bonds is 4. The highest BCUT2D eigenvalue weighted by Crippen LogP contribution is 2.15. The van der Waals surface area contributed by atoms with Gasteiger partial charge in [0.2, 0.25) is 0 Å². The number of nitrogens with one attached hydrogen (secondary N) is 1. The van der Waals surface area contributed by atoms with Gasteiger partial charge in [-0.1, -0.05) is 30.3 Å². The minimum absolute atomic E-state index is 0.243. The Hall–Kier alpha value is -1.94. The van der Waals surface area contributed by atoms with Gasteiger partial charge in [-0.3, -0.25) is 0 Å². The summed E-state index contributed by atoms with van der Waals surface area (Å²) < 4.78 is 13.0. The summed E-state index contributed by atoms with van der Waals surface area (Å²) in [4.78, 5) is 1.94. The molecule has 0 aliphatic rings. The zero-order valence-electron chi connectivity index (χ0n) is 11.3. The summed E-state index contributed by atoms with van der Waals surface area (Å²) in [5.74, 6) is -0.243. The van der Waals surface area contributed by atoms with Crippen molar-refractivity contribution >= 4 is 23.0 Å². The second-order valence-electron chi connectivity index (χ2n) is 4.36. The predicted molar refractivity (Wildman–Crippen MR) is 85.3 cm³/mol. The number of hydrogen-bond acceptors (Lipinski definition) is 1. The largest absolute Gasteiger partial charge is 0.358 e. The van der Waals surface area contributed by atoms with Gasteiger partial charge in [-0.2, -0.15) is 0 Å². The highest BCUT2D eigenvalue weighted by atomic mass is 32.1. The molecule has 2 aromatic rings. The molecule has 0 fully saturated rings. The zero-order valence-corrected chi connectivity index (χ0v) is 12.2. The normalized spacial score (nSPS) is 10.1. The molecular formula is C16H17FN2S. The van der Waals surface area contributed by atoms with Crippen LogP contribution >= 0.6 is 12.2 Å². The van der Waals surface area contributed by atoms with Crippen molar-refractivity contribution in [3.63, 3.8) is 0 Å². The molecule has 0 saturated carbocycles. The number of hydrogen-bond donors (Lipinski definition) is 1. The van der Waals surface area contributed by atoms with Crippen molar-refractivity contribution in [2.75, 3.05) is 11.4 Å². The van der Waals surface area contributed by atoms with E-state index in [9.17, 15) is 4.39 Å². The van der Waals surface area contributed by atoms with Crippen molar-refractivity contribution in [2.45, 2.75) is 13.5 Å². The molecule has 0 unspecified atom stereocenters. The van der Waals surface area contributed by atoms with Gasteiger partial charge in [0.25, 0.3) is 0 Å². The van der Waals surface area contributed by atoms with Crippen LogP contribution in [0.4, 0.5) is 10.1 Å². The molecule has 0 saturated heterocycles. The Morgan fingerprint density at radius 1 is 1.10 bits per heavy atom. The Kier molecular flexibility index (Phi) is 5.07. The van der Waals surface area contributed by atoms with Crippen molar-refractivity contribution in [3.8, 4) is 0 Å². The van der Waals surface area contributed by atoms with Gasteiger partial charge in [0.05, 0.1) is 0 Å². The summed E-state index contributed by atoms with van der Waals surface area (Å²) in [6, 6.07) is 16.4. The van der Waals surface area contributed by atoms with Gasteiger partial charge in [0.15, 0.2) is 5.11 Å². The number of anilines is 1. The molecule has 20 heavy (non-hydrogen) atoms. The van der Waals surface area contributed by atoms with E-state index in [2.05, 4.69) is 5.32 Å². The molecule has 1 N–H and O–H groups in total. The number of halogens is 1. The average Bonchev–Trinajstić information content (AvgIpc) is 2.49. The van der Waals surface area contributed by atoms with E-state index in [1.165, 1.54) is 17.7 Å². The third-order valence-electron chi connectivity index (χ3n) is 2.99. The lowest BCUT2D eigenvalue weighted by Gasteiger charge is -2.24. The van der Waals surface area contributed by atoms with Gasteiger partial charge in [-0.15, -0.1) is 0 Å². The Morgan fingerprint density at radius 2 is 1.75 bits per heavy atom. The predicted octanol–water partition coefficient (Wildman–Crippen LogP) is 3.73. The monoisotopic (exact) mass is 288 g/mol. The van der Waals surface area contributed by atoms with Crippen LogP contribution in [-0.2, 0) is 6.54 Å². The lowest BCUT2D eigenvalue weighted by molar-refractivity contribution is 0.628. The number of benzene rings is 2. The quantitative estimate of drug-likeness (QED) is 0.863. The molecule has 0 aliphatic carbocycles. The summed E-state index contributed by atoms with van der Waals surface area (Å²) in [5.41, 5.74) is 2.06. The lowest BCUT2D eigenvalue weighted by Crippen LogP contribution is -2.39. The Labute approximate surface area is 124 Å². The van der Waals surface area contributed by atoms with E-state index >= 15 is 0 Å². The lowest BCUT2D eigenvalue weighted by atomic mass is 10.2. The van der Waals surface area contributed by atoms with Gasteiger partial charge in [0, 0.05) is 18.8 Å². The van der Waals surface area contributed by atoms with Crippen molar-refractivity contribution in [1.82, 2.24) is 5.32 Å². The molecule has 0 atom stereocenters. The van der Waals surface area contributed by atoms with Crippen molar-refractivity contribution in [3.05, 3.63) is 66.0 Å². The molecule has 0 bridgehead atoms. The van der Waals surface area contributed by atoms with Crippen LogP contribution in [0.2, 0.25) is 0 Å². The molecule has 4 heteroatoms. The highest BCUT2D eigenvalue weighted by molar-refractivity contribution is 7.80. The molecule has 0 aliphatic heterocycles. The topological polar surface area (TPSA) is 15.3 Å². The first kappa shape index (κ1) is 14.5. The van der Waals surface area contributed by atoms with Crippen LogP contribution in [0.15, 0.2) is 54.6 Å². The molecule has 0 heterocycles. The van der Waals surface area contributed by atoms with Crippen molar-refractivity contribution < 1.29 is 4.39 Å². The van der Waals surface area contributed by atoms with E-state index in [1.807, 2.05) is 42.2 Å². The first-order chi connectivity index (χ1) is 9.70. The van der Waals surface area contributed by atoms with Gasteiger partial charge >= 0.3 is 0 Å². The van der Waals surface area contributed by atoms with E-state index in [0.717, 1.165) is 12.2 Å². The SMILES string of the molecule is CCN(C(=S)NCc1ccccc1)c1ccc(F)cc1. The van der Waals surface area contributed by atoms with Crippen LogP contribution in [0.1, 0.15) is 12.5 Å². The minimum Gasteiger partial charge on any atom is -0.358 e. The van der Waals surface area contributed by atoms with Crippen LogP contribution in [0, 0.1) is 5.82 Å². The third kappa shape index (κ3) is 3.78. The van der Waals surface area contributed by atoms with Crippen molar-refractivity contribution in [1.29, 1.82) is 0 Å².